The Morgan fingerprint density at radius 1 is 1.16 bits per heavy atom. The van der Waals surface area contributed by atoms with Gasteiger partial charge in [0.2, 0.25) is 0 Å². The minimum Gasteiger partial charge on any atom is -0.458 e. The lowest BCUT2D eigenvalue weighted by Crippen LogP contribution is -2.01. The fourth-order valence-corrected chi connectivity index (χ4v) is 1.87. The first kappa shape index (κ1) is 13.1. The number of hydrogen-bond acceptors (Lipinski definition) is 2. The summed E-state index contributed by atoms with van der Waals surface area (Å²) in [5, 5.41) is 0. The first-order valence-electron chi connectivity index (χ1n) is 6.15. The molecule has 0 N–H and O–H groups in total. The van der Waals surface area contributed by atoms with Crippen molar-refractivity contribution in [3.63, 3.8) is 0 Å². The number of benzene rings is 2. The highest BCUT2D eigenvalue weighted by Gasteiger charge is 2.06. The van der Waals surface area contributed by atoms with Gasteiger partial charge in [-0.15, -0.1) is 0 Å². The van der Waals surface area contributed by atoms with Crippen molar-refractivity contribution in [3.05, 3.63) is 72.3 Å². The molecule has 19 heavy (non-hydrogen) atoms. The summed E-state index contributed by atoms with van der Waals surface area (Å²) in [5.41, 5.74) is 4.41. The maximum absolute atomic E-state index is 11.1. The van der Waals surface area contributed by atoms with Crippen LogP contribution in [0.15, 0.2) is 61.2 Å². The second-order valence-corrected chi connectivity index (χ2v) is 4.34. The Balaban J connectivity index is 2.27. The molecule has 0 saturated carbocycles. The van der Waals surface area contributed by atoms with Crippen molar-refractivity contribution >= 4 is 5.97 Å². The molecule has 0 unspecified atom stereocenters. The first-order chi connectivity index (χ1) is 9.20. The smallest absolute Gasteiger partial charge is 0.330 e. The van der Waals surface area contributed by atoms with E-state index < -0.39 is 5.97 Å². The monoisotopic (exact) mass is 252 g/mol. The molecular weight excluding hydrogens is 236 g/mol. The highest BCUT2D eigenvalue weighted by Crippen LogP contribution is 2.24. The quantitative estimate of drug-likeness (QED) is 0.609. The third-order valence-corrected chi connectivity index (χ3v) is 2.92. The predicted octanol–water partition coefficient (Wildman–Crippen LogP) is 3.89. The third kappa shape index (κ3) is 3.32. The van der Waals surface area contributed by atoms with Gasteiger partial charge in [0.1, 0.15) is 6.61 Å². The second kappa shape index (κ2) is 6.01. The summed E-state index contributed by atoms with van der Waals surface area (Å²) < 4.78 is 5.11. The average molecular weight is 252 g/mol. The topological polar surface area (TPSA) is 26.3 Å². The number of hydrogen-bond donors (Lipinski definition) is 0. The van der Waals surface area contributed by atoms with Crippen LogP contribution in [0.25, 0.3) is 11.1 Å². The average Bonchev–Trinajstić information content (AvgIpc) is 2.46. The summed E-state index contributed by atoms with van der Waals surface area (Å²) >= 11 is 0. The van der Waals surface area contributed by atoms with E-state index in [9.17, 15) is 4.79 Å². The van der Waals surface area contributed by atoms with Crippen LogP contribution in [-0.2, 0) is 16.1 Å². The predicted molar refractivity (Wildman–Crippen MR) is 76.6 cm³/mol. The summed E-state index contributed by atoms with van der Waals surface area (Å²) in [7, 11) is 0. The van der Waals surface area contributed by atoms with Crippen molar-refractivity contribution in [3.8, 4) is 11.1 Å². The molecule has 0 heterocycles. The van der Waals surface area contributed by atoms with Gasteiger partial charge in [-0.1, -0.05) is 60.7 Å². The lowest BCUT2D eigenvalue weighted by Gasteiger charge is -2.10. The zero-order valence-electron chi connectivity index (χ0n) is 10.9. The van der Waals surface area contributed by atoms with Crippen molar-refractivity contribution in [2.24, 2.45) is 0 Å². The first-order valence-corrected chi connectivity index (χ1v) is 6.15. The Kier molecular flexibility index (Phi) is 4.14. The molecule has 0 aliphatic carbocycles. The van der Waals surface area contributed by atoms with Gasteiger partial charge >= 0.3 is 5.97 Å². The highest BCUT2D eigenvalue weighted by molar-refractivity contribution is 5.81. The number of ether oxygens (including phenoxy) is 1. The minimum absolute atomic E-state index is 0.259. The molecule has 96 valence electrons. The van der Waals surface area contributed by atoms with Crippen LogP contribution in [-0.4, -0.2) is 5.97 Å². The maximum Gasteiger partial charge on any atom is 0.330 e. The molecule has 0 atom stereocenters. The van der Waals surface area contributed by atoms with E-state index >= 15 is 0 Å². The fourth-order valence-electron chi connectivity index (χ4n) is 1.87. The van der Waals surface area contributed by atoms with E-state index in [-0.39, 0.29) is 6.61 Å². The zero-order chi connectivity index (χ0) is 13.7. The van der Waals surface area contributed by atoms with Crippen LogP contribution in [0, 0.1) is 6.92 Å². The molecule has 0 amide bonds. The Bertz CT molecular complexity index is 582. The molecule has 2 rings (SSSR count). The molecule has 0 spiro atoms. The van der Waals surface area contributed by atoms with E-state index in [0.29, 0.717) is 0 Å². The van der Waals surface area contributed by atoms with Gasteiger partial charge in [-0.3, -0.25) is 0 Å². The van der Waals surface area contributed by atoms with Gasteiger partial charge in [-0.25, -0.2) is 4.79 Å². The second-order valence-electron chi connectivity index (χ2n) is 4.34. The van der Waals surface area contributed by atoms with Crippen molar-refractivity contribution in [2.45, 2.75) is 13.5 Å². The SMILES string of the molecule is C=CC(=O)OCc1ccccc1-c1ccc(C)cc1. The van der Waals surface area contributed by atoms with Gasteiger partial charge in [-0.05, 0) is 23.6 Å². The number of carbonyl (C=O) groups is 1. The number of esters is 1. The molecule has 2 nitrogen and oxygen atoms in total. The number of aryl methyl sites for hydroxylation is 1. The summed E-state index contributed by atoms with van der Waals surface area (Å²) in [6.45, 7) is 5.70. The fraction of sp³-hybridized carbons (Fsp3) is 0.118. The molecule has 0 saturated heterocycles. The summed E-state index contributed by atoms with van der Waals surface area (Å²) in [6, 6.07) is 16.2. The lowest BCUT2D eigenvalue weighted by atomic mass is 9.99. The van der Waals surface area contributed by atoms with Gasteiger partial charge in [-0.2, -0.15) is 0 Å². The molecule has 0 radical (unpaired) electrons. The van der Waals surface area contributed by atoms with Gasteiger partial charge < -0.3 is 4.74 Å². The Labute approximate surface area is 113 Å². The summed E-state index contributed by atoms with van der Waals surface area (Å²) in [4.78, 5) is 11.1. The molecule has 0 bridgehead atoms. The van der Waals surface area contributed by atoms with Gasteiger partial charge in [0.15, 0.2) is 0 Å². The number of rotatable bonds is 4. The molecule has 0 aliphatic heterocycles. The minimum atomic E-state index is -0.404. The third-order valence-electron chi connectivity index (χ3n) is 2.92. The molecule has 2 heteroatoms. The largest absolute Gasteiger partial charge is 0.458 e. The molecule has 2 aromatic rings. The summed E-state index contributed by atoms with van der Waals surface area (Å²) in [6.07, 6.45) is 1.18. The highest BCUT2D eigenvalue weighted by atomic mass is 16.5. The molecule has 0 fully saturated rings. The van der Waals surface area contributed by atoms with E-state index in [0.717, 1.165) is 16.7 Å². The van der Waals surface area contributed by atoms with Crippen LogP contribution in [0.2, 0.25) is 0 Å². The van der Waals surface area contributed by atoms with Crippen molar-refractivity contribution in [1.82, 2.24) is 0 Å². The van der Waals surface area contributed by atoms with Crippen molar-refractivity contribution in [2.75, 3.05) is 0 Å². The lowest BCUT2D eigenvalue weighted by molar-refractivity contribution is -0.138. The van der Waals surface area contributed by atoms with Gasteiger partial charge in [0.25, 0.3) is 0 Å². The van der Waals surface area contributed by atoms with E-state index in [1.165, 1.54) is 11.6 Å². The zero-order valence-corrected chi connectivity index (χ0v) is 10.9. The molecular formula is C17H16O2. The van der Waals surface area contributed by atoms with Crippen molar-refractivity contribution in [1.29, 1.82) is 0 Å². The van der Waals surface area contributed by atoms with Crippen LogP contribution in [0.1, 0.15) is 11.1 Å². The van der Waals surface area contributed by atoms with Gasteiger partial charge in [0.05, 0.1) is 0 Å². The Morgan fingerprint density at radius 3 is 2.53 bits per heavy atom. The van der Waals surface area contributed by atoms with E-state index in [1.54, 1.807) is 0 Å². The van der Waals surface area contributed by atoms with E-state index in [4.69, 9.17) is 4.74 Å². The van der Waals surface area contributed by atoms with Crippen LogP contribution < -0.4 is 0 Å². The van der Waals surface area contributed by atoms with Gasteiger partial charge in [0, 0.05) is 6.08 Å². The standard InChI is InChI=1S/C17H16O2/c1-3-17(18)19-12-15-6-4-5-7-16(15)14-10-8-13(2)9-11-14/h3-11H,1,12H2,2H3. The summed E-state index contributed by atoms with van der Waals surface area (Å²) in [5.74, 6) is -0.404. The van der Waals surface area contributed by atoms with Crippen LogP contribution >= 0.6 is 0 Å². The normalized spacial score (nSPS) is 9.95. The Morgan fingerprint density at radius 2 is 1.84 bits per heavy atom. The van der Waals surface area contributed by atoms with E-state index in [1.807, 2.05) is 24.3 Å². The van der Waals surface area contributed by atoms with Crippen LogP contribution in [0.4, 0.5) is 0 Å². The molecule has 0 aromatic heterocycles. The maximum atomic E-state index is 11.1. The van der Waals surface area contributed by atoms with Crippen LogP contribution in [0.3, 0.4) is 0 Å². The Hall–Kier alpha value is -2.35. The number of carbonyl (C=O) groups excluding carboxylic acids is 1. The molecule has 2 aromatic carbocycles. The van der Waals surface area contributed by atoms with Crippen molar-refractivity contribution < 1.29 is 9.53 Å². The molecule has 0 aliphatic rings. The van der Waals surface area contributed by atoms with Crippen LogP contribution in [0.5, 0.6) is 0 Å². The van der Waals surface area contributed by atoms with E-state index in [2.05, 4.69) is 37.8 Å².